The van der Waals surface area contributed by atoms with Gasteiger partial charge in [-0.2, -0.15) is 0 Å². The van der Waals surface area contributed by atoms with E-state index in [9.17, 15) is 0 Å². The van der Waals surface area contributed by atoms with Crippen LogP contribution in [0.4, 0.5) is 0 Å². The average Bonchev–Trinajstić information content (AvgIpc) is 2.30. The molecule has 0 saturated heterocycles. The Labute approximate surface area is 119 Å². The van der Waals surface area contributed by atoms with Crippen LogP contribution in [0.2, 0.25) is 10.0 Å². The van der Waals surface area contributed by atoms with Gasteiger partial charge in [0.15, 0.2) is 0 Å². The maximum absolute atomic E-state index is 6.18. The fraction of sp³-hybridized carbons (Fsp3) is 0.615. The second-order valence-corrected chi connectivity index (χ2v) is 5.25. The van der Waals surface area contributed by atoms with Crippen LogP contribution < -0.4 is 5.32 Å². The summed E-state index contributed by atoms with van der Waals surface area (Å²) in [6, 6.07) is 1.71. The van der Waals surface area contributed by atoms with E-state index in [0.29, 0.717) is 16.7 Å². The van der Waals surface area contributed by atoms with Crippen LogP contribution in [0, 0.1) is 0 Å². The molecule has 5 heteroatoms. The van der Waals surface area contributed by atoms with Crippen LogP contribution in [0.25, 0.3) is 0 Å². The third kappa shape index (κ3) is 5.11. The highest BCUT2D eigenvalue weighted by molar-refractivity contribution is 6.34. The van der Waals surface area contributed by atoms with Crippen LogP contribution in [0.5, 0.6) is 0 Å². The maximum atomic E-state index is 6.18. The van der Waals surface area contributed by atoms with Crippen molar-refractivity contribution in [1.29, 1.82) is 0 Å². The van der Waals surface area contributed by atoms with Gasteiger partial charge in [0.25, 0.3) is 0 Å². The van der Waals surface area contributed by atoms with Crippen molar-refractivity contribution in [3.05, 3.63) is 28.0 Å². The van der Waals surface area contributed by atoms with Crippen molar-refractivity contribution in [1.82, 2.24) is 10.3 Å². The first-order valence-corrected chi connectivity index (χ1v) is 6.96. The molecule has 0 aliphatic heterocycles. The molecule has 0 bridgehead atoms. The van der Waals surface area contributed by atoms with E-state index in [2.05, 4.69) is 17.2 Å². The molecule has 0 aliphatic rings. The summed E-state index contributed by atoms with van der Waals surface area (Å²) < 4.78 is 5.65. The summed E-state index contributed by atoms with van der Waals surface area (Å²) in [7, 11) is 0. The van der Waals surface area contributed by atoms with Gasteiger partial charge in [-0.3, -0.25) is 4.98 Å². The number of halogens is 2. The summed E-state index contributed by atoms with van der Waals surface area (Å²) in [5.74, 6) is 0. The molecule has 0 amide bonds. The van der Waals surface area contributed by atoms with E-state index < -0.39 is 0 Å². The molecule has 0 fully saturated rings. The van der Waals surface area contributed by atoms with Crippen molar-refractivity contribution in [3.8, 4) is 0 Å². The number of nitrogens with one attached hydrogen (secondary N) is 1. The fourth-order valence-electron chi connectivity index (χ4n) is 1.52. The van der Waals surface area contributed by atoms with E-state index in [1.807, 2.05) is 13.8 Å². The van der Waals surface area contributed by atoms with Crippen LogP contribution >= 0.6 is 23.2 Å². The Morgan fingerprint density at radius 2 is 2.11 bits per heavy atom. The lowest BCUT2D eigenvalue weighted by Crippen LogP contribution is -2.28. The second-order valence-electron chi connectivity index (χ2n) is 4.41. The summed E-state index contributed by atoms with van der Waals surface area (Å²) >= 11 is 12.0. The molecular weight excluding hydrogens is 271 g/mol. The zero-order chi connectivity index (χ0) is 13.5. The van der Waals surface area contributed by atoms with E-state index in [1.165, 1.54) is 0 Å². The van der Waals surface area contributed by atoms with Gasteiger partial charge in [0, 0.05) is 6.20 Å². The van der Waals surface area contributed by atoms with Gasteiger partial charge in [-0.25, -0.2) is 0 Å². The molecule has 1 rings (SSSR count). The van der Waals surface area contributed by atoms with Gasteiger partial charge < -0.3 is 10.1 Å². The molecule has 3 nitrogen and oxygen atoms in total. The lowest BCUT2D eigenvalue weighted by molar-refractivity contribution is 0.0603. The molecule has 102 valence electrons. The van der Waals surface area contributed by atoms with Gasteiger partial charge in [-0.05, 0) is 32.9 Å². The first-order valence-electron chi connectivity index (χ1n) is 6.20. The quantitative estimate of drug-likeness (QED) is 0.828. The predicted molar refractivity (Wildman–Crippen MR) is 76.4 cm³/mol. The van der Waals surface area contributed by atoms with Gasteiger partial charge >= 0.3 is 0 Å². The number of nitrogens with zero attached hydrogens (tertiary/aromatic N) is 1. The normalized spacial score (nSPS) is 13.0. The summed E-state index contributed by atoms with van der Waals surface area (Å²) in [5, 5.41) is 4.50. The molecular formula is C13H20Cl2N2O. The lowest BCUT2D eigenvalue weighted by Gasteiger charge is -2.20. The number of hydrogen-bond acceptors (Lipinski definition) is 3. The summed E-state index contributed by atoms with van der Waals surface area (Å²) in [5.41, 5.74) is 0.787. The lowest BCUT2D eigenvalue weighted by atomic mass is 10.2. The second kappa shape index (κ2) is 7.95. The SMILES string of the molecule is CCCNC(COC(C)C)c1ncc(Cl)cc1Cl. The molecule has 1 aromatic heterocycles. The van der Waals surface area contributed by atoms with Crippen LogP contribution in [0.15, 0.2) is 12.3 Å². The Bertz CT molecular complexity index is 372. The highest BCUT2D eigenvalue weighted by atomic mass is 35.5. The third-order valence-corrected chi connectivity index (χ3v) is 2.91. The average molecular weight is 291 g/mol. The molecule has 0 spiro atoms. The molecule has 0 saturated carbocycles. The summed E-state index contributed by atoms with van der Waals surface area (Å²) in [4.78, 5) is 4.30. The number of hydrogen-bond donors (Lipinski definition) is 1. The van der Waals surface area contributed by atoms with Crippen LogP contribution in [-0.2, 0) is 4.74 Å². The summed E-state index contributed by atoms with van der Waals surface area (Å²) in [6.45, 7) is 7.57. The van der Waals surface area contributed by atoms with Crippen molar-refractivity contribution in [3.63, 3.8) is 0 Å². The Hall–Kier alpha value is -0.350. The number of ether oxygens (including phenoxy) is 1. The Kier molecular flexibility index (Phi) is 6.94. The van der Waals surface area contributed by atoms with Crippen molar-refractivity contribution in [2.45, 2.75) is 39.3 Å². The zero-order valence-corrected chi connectivity index (χ0v) is 12.6. The number of aromatic nitrogens is 1. The Morgan fingerprint density at radius 3 is 2.67 bits per heavy atom. The van der Waals surface area contributed by atoms with E-state index in [4.69, 9.17) is 27.9 Å². The van der Waals surface area contributed by atoms with E-state index in [0.717, 1.165) is 18.7 Å². The zero-order valence-electron chi connectivity index (χ0n) is 11.0. The van der Waals surface area contributed by atoms with E-state index >= 15 is 0 Å². The monoisotopic (exact) mass is 290 g/mol. The molecule has 1 atom stereocenters. The minimum absolute atomic E-state index is 0.00267. The minimum atomic E-state index is -0.00267. The molecule has 1 unspecified atom stereocenters. The first-order chi connectivity index (χ1) is 8.54. The number of rotatable bonds is 7. The molecule has 0 radical (unpaired) electrons. The van der Waals surface area contributed by atoms with Crippen LogP contribution in [0.1, 0.15) is 38.9 Å². The van der Waals surface area contributed by atoms with Crippen molar-refractivity contribution in [2.24, 2.45) is 0 Å². The largest absolute Gasteiger partial charge is 0.377 e. The minimum Gasteiger partial charge on any atom is -0.377 e. The van der Waals surface area contributed by atoms with Crippen LogP contribution in [0.3, 0.4) is 0 Å². The topological polar surface area (TPSA) is 34.1 Å². The van der Waals surface area contributed by atoms with Crippen LogP contribution in [-0.4, -0.2) is 24.2 Å². The standard InChI is InChI=1S/C13H20Cl2N2O/c1-4-5-16-12(8-18-9(2)3)13-11(15)6-10(14)7-17-13/h6-7,9,12,16H,4-5,8H2,1-3H3. The number of pyridine rings is 1. The molecule has 1 N–H and O–H groups in total. The molecule has 0 aromatic carbocycles. The first kappa shape index (κ1) is 15.7. The smallest absolute Gasteiger partial charge is 0.0783 e. The summed E-state index contributed by atoms with van der Waals surface area (Å²) in [6.07, 6.45) is 2.84. The third-order valence-electron chi connectivity index (χ3n) is 2.40. The van der Waals surface area contributed by atoms with Crippen molar-refractivity contribution >= 4 is 23.2 Å². The van der Waals surface area contributed by atoms with Gasteiger partial charge in [0.1, 0.15) is 0 Å². The van der Waals surface area contributed by atoms with E-state index in [1.54, 1.807) is 12.3 Å². The highest BCUT2D eigenvalue weighted by Crippen LogP contribution is 2.24. The van der Waals surface area contributed by atoms with Crippen molar-refractivity contribution in [2.75, 3.05) is 13.2 Å². The molecule has 1 heterocycles. The van der Waals surface area contributed by atoms with Gasteiger partial charge in [-0.1, -0.05) is 30.1 Å². The Balaban J connectivity index is 2.79. The van der Waals surface area contributed by atoms with Crippen molar-refractivity contribution < 1.29 is 4.74 Å². The van der Waals surface area contributed by atoms with Gasteiger partial charge in [-0.15, -0.1) is 0 Å². The molecule has 1 aromatic rings. The fourth-order valence-corrected chi connectivity index (χ4v) is 2.04. The van der Waals surface area contributed by atoms with Gasteiger partial charge in [0.2, 0.25) is 0 Å². The maximum Gasteiger partial charge on any atom is 0.0783 e. The predicted octanol–water partition coefficient (Wildman–Crippen LogP) is 3.85. The van der Waals surface area contributed by atoms with E-state index in [-0.39, 0.29) is 12.1 Å². The molecule has 18 heavy (non-hydrogen) atoms. The Morgan fingerprint density at radius 1 is 1.39 bits per heavy atom. The highest BCUT2D eigenvalue weighted by Gasteiger charge is 2.16. The van der Waals surface area contributed by atoms with Gasteiger partial charge in [0.05, 0.1) is 34.5 Å². The molecule has 0 aliphatic carbocycles.